The van der Waals surface area contributed by atoms with Crippen molar-refractivity contribution in [3.63, 3.8) is 0 Å². The summed E-state index contributed by atoms with van der Waals surface area (Å²) in [5, 5.41) is 6.65. The molecule has 1 aromatic carbocycles. The highest BCUT2D eigenvalue weighted by Gasteiger charge is 2.23. The first kappa shape index (κ1) is 12.7. The second-order valence-electron chi connectivity index (χ2n) is 5.03. The fourth-order valence-electron chi connectivity index (χ4n) is 2.43. The highest BCUT2D eigenvalue weighted by atomic mass is 16.2. The summed E-state index contributed by atoms with van der Waals surface area (Å²) < 4.78 is 0. The van der Waals surface area contributed by atoms with Crippen LogP contribution in [0.2, 0.25) is 0 Å². The molecule has 2 heterocycles. The van der Waals surface area contributed by atoms with Gasteiger partial charge < -0.3 is 10.6 Å². The third-order valence-corrected chi connectivity index (χ3v) is 3.55. The Balaban J connectivity index is 1.92. The molecule has 20 heavy (non-hydrogen) atoms. The molecule has 1 amide bonds. The van der Waals surface area contributed by atoms with Crippen LogP contribution < -0.4 is 10.6 Å². The second kappa shape index (κ2) is 4.97. The zero-order chi connectivity index (χ0) is 14.1. The Bertz CT molecular complexity index is 636. The summed E-state index contributed by atoms with van der Waals surface area (Å²) in [6, 6.07) is 7.82. The number of hydrogen-bond acceptors (Lipinski definition) is 4. The maximum atomic E-state index is 12.1. The molecule has 0 aliphatic carbocycles. The molecule has 1 aliphatic rings. The predicted octanol–water partition coefficient (Wildman–Crippen LogP) is 0.937. The van der Waals surface area contributed by atoms with E-state index in [0.29, 0.717) is 18.9 Å². The number of likely N-dealkylation sites (N-methyl/N-ethyl adjacent to an activating group) is 1. The number of piperazine rings is 1. The maximum absolute atomic E-state index is 12.1. The van der Waals surface area contributed by atoms with Gasteiger partial charge in [0, 0.05) is 24.3 Å². The second-order valence-corrected chi connectivity index (χ2v) is 5.03. The zero-order valence-electron chi connectivity index (χ0n) is 11.3. The molecule has 0 bridgehead atoms. The van der Waals surface area contributed by atoms with E-state index in [2.05, 4.69) is 10.2 Å². The van der Waals surface area contributed by atoms with Crippen LogP contribution in [-0.2, 0) is 4.79 Å². The van der Waals surface area contributed by atoms with E-state index in [0.717, 1.165) is 23.4 Å². The van der Waals surface area contributed by atoms with Gasteiger partial charge in [0.1, 0.15) is 5.82 Å². The molecule has 1 fully saturated rings. The largest absolute Gasteiger partial charge is 0.384 e. The molecule has 6 heteroatoms. The molecule has 1 aromatic heterocycles. The number of rotatable bonds is 2. The van der Waals surface area contributed by atoms with Gasteiger partial charge in [-0.3, -0.25) is 14.8 Å². The average molecular weight is 271 g/mol. The van der Waals surface area contributed by atoms with Gasteiger partial charge in [-0.25, -0.2) is 0 Å². The van der Waals surface area contributed by atoms with Crippen molar-refractivity contribution in [3.8, 4) is 11.1 Å². The van der Waals surface area contributed by atoms with Crippen LogP contribution in [0, 0.1) is 0 Å². The number of nitrogen functional groups attached to an aromatic ring is 1. The summed E-state index contributed by atoms with van der Waals surface area (Å²) in [4.78, 5) is 16.0. The van der Waals surface area contributed by atoms with E-state index in [1.165, 1.54) is 0 Å². The summed E-state index contributed by atoms with van der Waals surface area (Å²) in [6.45, 7) is 2.04. The molecule has 0 saturated carbocycles. The van der Waals surface area contributed by atoms with Crippen LogP contribution in [-0.4, -0.2) is 47.7 Å². The van der Waals surface area contributed by atoms with Gasteiger partial charge in [-0.15, -0.1) is 0 Å². The van der Waals surface area contributed by atoms with Gasteiger partial charge in [-0.2, -0.15) is 5.10 Å². The van der Waals surface area contributed by atoms with Crippen LogP contribution in [0.3, 0.4) is 0 Å². The summed E-state index contributed by atoms with van der Waals surface area (Å²) in [5.74, 6) is 0.655. The van der Waals surface area contributed by atoms with Crippen molar-refractivity contribution in [1.82, 2.24) is 15.1 Å². The van der Waals surface area contributed by atoms with E-state index in [1.54, 1.807) is 6.20 Å². The smallest absolute Gasteiger partial charge is 0.241 e. The number of nitrogens with two attached hydrogens (primary N) is 1. The number of nitrogens with one attached hydrogen (secondary N) is 1. The van der Waals surface area contributed by atoms with Crippen molar-refractivity contribution in [3.05, 3.63) is 30.5 Å². The van der Waals surface area contributed by atoms with Crippen molar-refractivity contribution in [2.45, 2.75) is 0 Å². The lowest BCUT2D eigenvalue weighted by Crippen LogP contribution is -2.48. The van der Waals surface area contributed by atoms with E-state index in [1.807, 2.05) is 41.1 Å². The number of amides is 1. The highest BCUT2D eigenvalue weighted by Crippen LogP contribution is 2.28. The minimum atomic E-state index is 0.121. The van der Waals surface area contributed by atoms with Crippen LogP contribution in [0.25, 0.3) is 11.1 Å². The SMILES string of the molecule is CN1CCN(c2cccc(-c3cn[nH]c3N)c2)C(=O)C1. The molecule has 1 saturated heterocycles. The topological polar surface area (TPSA) is 78.2 Å². The molecule has 104 valence electrons. The summed E-state index contributed by atoms with van der Waals surface area (Å²) in [7, 11) is 1.96. The van der Waals surface area contributed by atoms with Crippen molar-refractivity contribution in [1.29, 1.82) is 0 Å². The lowest BCUT2D eigenvalue weighted by Gasteiger charge is -2.32. The van der Waals surface area contributed by atoms with E-state index in [-0.39, 0.29) is 5.91 Å². The number of anilines is 2. The molecule has 3 rings (SSSR count). The van der Waals surface area contributed by atoms with Gasteiger partial charge in [-0.05, 0) is 24.7 Å². The lowest BCUT2D eigenvalue weighted by molar-refractivity contribution is -0.120. The number of H-pyrrole nitrogens is 1. The standard InChI is InChI=1S/C14H17N5O/c1-18-5-6-19(13(20)9-18)11-4-2-3-10(7-11)12-8-16-17-14(12)15/h2-4,7-8H,5-6,9H2,1H3,(H3,15,16,17). The van der Waals surface area contributed by atoms with Crippen molar-refractivity contribution in [2.24, 2.45) is 0 Å². The summed E-state index contributed by atoms with van der Waals surface area (Å²) in [6.07, 6.45) is 1.69. The highest BCUT2D eigenvalue weighted by molar-refractivity contribution is 5.96. The normalized spacial score (nSPS) is 16.6. The molecule has 0 unspecified atom stereocenters. The molecule has 0 atom stereocenters. The van der Waals surface area contributed by atoms with Crippen LogP contribution in [0.1, 0.15) is 0 Å². The van der Waals surface area contributed by atoms with Crippen LogP contribution in [0.5, 0.6) is 0 Å². The zero-order valence-corrected chi connectivity index (χ0v) is 11.3. The lowest BCUT2D eigenvalue weighted by atomic mass is 10.1. The minimum absolute atomic E-state index is 0.121. The first-order valence-corrected chi connectivity index (χ1v) is 6.53. The van der Waals surface area contributed by atoms with Gasteiger partial charge in [0.25, 0.3) is 0 Å². The molecule has 6 nitrogen and oxygen atoms in total. The Morgan fingerprint density at radius 1 is 1.35 bits per heavy atom. The Morgan fingerprint density at radius 2 is 2.20 bits per heavy atom. The molecule has 0 radical (unpaired) electrons. The van der Waals surface area contributed by atoms with Crippen LogP contribution in [0.15, 0.2) is 30.5 Å². The molecular weight excluding hydrogens is 254 g/mol. The molecule has 2 aromatic rings. The number of benzene rings is 1. The summed E-state index contributed by atoms with van der Waals surface area (Å²) >= 11 is 0. The Morgan fingerprint density at radius 3 is 2.90 bits per heavy atom. The quantitative estimate of drug-likeness (QED) is 0.852. The van der Waals surface area contributed by atoms with E-state index in [4.69, 9.17) is 5.73 Å². The Kier molecular flexibility index (Phi) is 3.15. The van der Waals surface area contributed by atoms with Gasteiger partial charge >= 0.3 is 0 Å². The first-order chi connectivity index (χ1) is 9.65. The molecule has 1 aliphatic heterocycles. The van der Waals surface area contributed by atoms with Gasteiger partial charge in [0.15, 0.2) is 0 Å². The van der Waals surface area contributed by atoms with Crippen LogP contribution >= 0.6 is 0 Å². The van der Waals surface area contributed by atoms with E-state index < -0.39 is 0 Å². The van der Waals surface area contributed by atoms with Gasteiger partial charge in [0.05, 0.1) is 12.7 Å². The number of carbonyl (C=O) groups excluding carboxylic acids is 1. The number of hydrogen-bond donors (Lipinski definition) is 2. The monoisotopic (exact) mass is 271 g/mol. The maximum Gasteiger partial charge on any atom is 0.241 e. The molecular formula is C14H17N5O. The van der Waals surface area contributed by atoms with Gasteiger partial charge in [-0.1, -0.05) is 12.1 Å². The number of carbonyl (C=O) groups is 1. The average Bonchev–Trinajstić information content (AvgIpc) is 2.85. The third-order valence-electron chi connectivity index (χ3n) is 3.55. The first-order valence-electron chi connectivity index (χ1n) is 6.53. The Labute approximate surface area is 117 Å². The van der Waals surface area contributed by atoms with Crippen molar-refractivity contribution >= 4 is 17.4 Å². The fourth-order valence-corrected chi connectivity index (χ4v) is 2.43. The Hall–Kier alpha value is -2.34. The molecule has 0 spiro atoms. The molecule has 3 N–H and O–H groups in total. The number of nitrogens with zero attached hydrogens (tertiary/aromatic N) is 3. The van der Waals surface area contributed by atoms with Crippen LogP contribution in [0.4, 0.5) is 11.5 Å². The number of aromatic nitrogens is 2. The fraction of sp³-hybridized carbons (Fsp3) is 0.286. The third kappa shape index (κ3) is 2.25. The van der Waals surface area contributed by atoms with Crippen molar-refractivity contribution in [2.75, 3.05) is 37.3 Å². The number of aromatic amines is 1. The predicted molar refractivity (Wildman–Crippen MR) is 78.3 cm³/mol. The van der Waals surface area contributed by atoms with Gasteiger partial charge in [0.2, 0.25) is 5.91 Å². The summed E-state index contributed by atoms with van der Waals surface area (Å²) in [5.41, 5.74) is 8.56. The van der Waals surface area contributed by atoms with Crippen molar-refractivity contribution < 1.29 is 4.79 Å². The van der Waals surface area contributed by atoms with E-state index >= 15 is 0 Å². The van der Waals surface area contributed by atoms with E-state index in [9.17, 15) is 4.79 Å². The minimum Gasteiger partial charge on any atom is -0.384 e.